The van der Waals surface area contributed by atoms with Crippen molar-refractivity contribution >= 4 is 27.6 Å². The molecule has 0 aliphatic carbocycles. The number of alkyl halides is 2. The van der Waals surface area contributed by atoms with Crippen LogP contribution < -0.4 is 23.8 Å². The van der Waals surface area contributed by atoms with Crippen LogP contribution in [0.25, 0.3) is 0 Å². The van der Waals surface area contributed by atoms with Gasteiger partial charge in [0.1, 0.15) is 16.4 Å². The minimum atomic E-state index is -4.74. The van der Waals surface area contributed by atoms with E-state index in [9.17, 15) is 27.3 Å². The number of urea groups is 1. The maximum absolute atomic E-state index is 15.2. The Morgan fingerprint density at radius 1 is 0.982 bits per heavy atom. The summed E-state index contributed by atoms with van der Waals surface area (Å²) in [6, 6.07) is 13.0. The largest absolute Gasteiger partial charge is 0.497 e. The number of anilines is 1. The van der Waals surface area contributed by atoms with Gasteiger partial charge in [-0.15, -0.1) is 0 Å². The Bertz CT molecular complexity index is 2110. The quantitative estimate of drug-likeness (QED) is 0.318. The number of nitrogens with zero attached hydrogens (tertiary/aromatic N) is 6. The van der Waals surface area contributed by atoms with Crippen LogP contribution in [0, 0.1) is 11.3 Å². The molecule has 17 heteroatoms. The minimum absolute atomic E-state index is 0.00461. The Balaban J connectivity index is 1.20. The number of pyridine rings is 1. The van der Waals surface area contributed by atoms with E-state index in [1.165, 1.54) is 62.9 Å². The third kappa shape index (κ3) is 6.80. The number of hydrogen-bond donors (Lipinski definition) is 1. The number of hydrogen-bond acceptors (Lipinski definition) is 11. The molecule has 1 atom stereocenters. The van der Waals surface area contributed by atoms with Crippen molar-refractivity contribution in [3.63, 3.8) is 0 Å². The van der Waals surface area contributed by atoms with Gasteiger partial charge < -0.3 is 24.4 Å². The average molecular weight is 780 g/mol. The molecule has 0 bridgehead atoms. The van der Waals surface area contributed by atoms with Gasteiger partial charge in [0.25, 0.3) is 21.9 Å². The molecule has 0 saturated carbocycles. The molecule has 4 aliphatic heterocycles. The van der Waals surface area contributed by atoms with Crippen molar-refractivity contribution in [1.82, 2.24) is 25.0 Å². The van der Waals surface area contributed by atoms with Gasteiger partial charge in [0.15, 0.2) is 5.54 Å². The van der Waals surface area contributed by atoms with Crippen LogP contribution in [0.3, 0.4) is 0 Å². The lowest BCUT2D eigenvalue weighted by Crippen LogP contribution is -2.67. The van der Waals surface area contributed by atoms with Gasteiger partial charge in [0, 0.05) is 82.0 Å². The van der Waals surface area contributed by atoms with Gasteiger partial charge in [-0.2, -0.15) is 9.57 Å². The number of piperidine rings is 2. The number of nitrogens with one attached hydrogen (secondary N) is 1. The first-order valence-electron chi connectivity index (χ1n) is 18.2. The van der Waals surface area contributed by atoms with Crippen LogP contribution in [-0.2, 0) is 20.4 Å². The Kier molecular flexibility index (Phi) is 10.3. The topological polar surface area (TPSA) is 158 Å². The molecule has 1 N–H and O–H groups in total. The molecular weight excluding hydrogens is 737 g/mol. The number of methoxy groups -OCH3 is 2. The second kappa shape index (κ2) is 14.9. The summed E-state index contributed by atoms with van der Waals surface area (Å²) in [7, 11) is -2.02. The first-order chi connectivity index (χ1) is 26.4. The second-order valence-electron chi connectivity index (χ2n) is 14.1. The number of halogens is 2. The lowest BCUT2D eigenvalue weighted by Gasteiger charge is -2.49. The maximum Gasteiger partial charge on any atom is 0.318 e. The number of nitriles is 1. The van der Waals surface area contributed by atoms with E-state index in [0.29, 0.717) is 36.2 Å². The predicted molar refractivity (Wildman–Crippen MR) is 196 cm³/mol. The predicted octanol–water partition coefficient (Wildman–Crippen LogP) is 3.94. The van der Waals surface area contributed by atoms with Crippen molar-refractivity contribution in [1.29, 1.82) is 5.26 Å². The SMILES string of the molecule is CCOc1ncccc1C1(NC(=O)N2CC(N3CCC(N4CCC(F)(F)CC4)CC3)C2)C(=O)N(S(=O)(=O)c2ccc(OC)cc2OC)c2ccc(C#N)cc21. The number of ether oxygens (including phenoxy) is 3. The van der Waals surface area contributed by atoms with E-state index in [4.69, 9.17) is 14.2 Å². The number of benzene rings is 2. The van der Waals surface area contributed by atoms with E-state index in [0.717, 1.165) is 25.9 Å². The number of carbonyl (C=O) groups is 2. The van der Waals surface area contributed by atoms with E-state index in [1.54, 1.807) is 17.9 Å². The standard InChI is InChI=1S/C38H43F2N7O7S/c1-4-54-34-29(6-5-15-42-34)38(43-36(49)46-23-27(24-46)44-16-11-26(12-17-44)45-18-13-37(39,40)14-19-45)30-20-25(22-41)7-9-31(30)47(35(38)48)55(50,51)33-10-8-28(52-2)21-32(33)53-3/h5-10,15,20-21,26-27H,4,11-14,16-19,23-24H2,1-3H3,(H,43,49). The molecule has 4 aliphatic rings. The van der Waals surface area contributed by atoms with Crippen molar-refractivity contribution in [2.45, 2.75) is 61.0 Å². The number of rotatable bonds is 10. The molecule has 7 rings (SSSR count). The number of aromatic nitrogens is 1. The van der Waals surface area contributed by atoms with Gasteiger partial charge in [0.05, 0.1) is 43.7 Å². The summed E-state index contributed by atoms with van der Waals surface area (Å²) in [5, 5.41) is 12.9. The molecule has 3 saturated heterocycles. The van der Waals surface area contributed by atoms with Gasteiger partial charge in [-0.3, -0.25) is 14.6 Å². The summed E-state index contributed by atoms with van der Waals surface area (Å²) in [6.07, 6.45) is 2.91. The zero-order chi connectivity index (χ0) is 39.1. The Hall–Kier alpha value is -5.05. The van der Waals surface area contributed by atoms with Crippen LogP contribution in [0.5, 0.6) is 17.4 Å². The monoisotopic (exact) mass is 779 g/mol. The van der Waals surface area contributed by atoms with Gasteiger partial charge in [-0.25, -0.2) is 27.0 Å². The minimum Gasteiger partial charge on any atom is -0.497 e. The zero-order valence-corrected chi connectivity index (χ0v) is 31.7. The van der Waals surface area contributed by atoms with Crippen molar-refractivity contribution in [2.24, 2.45) is 0 Å². The lowest BCUT2D eigenvalue weighted by molar-refractivity contribution is -0.121. The third-order valence-electron chi connectivity index (χ3n) is 11.1. The van der Waals surface area contributed by atoms with E-state index in [1.807, 2.05) is 0 Å². The molecule has 14 nitrogen and oxygen atoms in total. The van der Waals surface area contributed by atoms with Gasteiger partial charge in [-0.05, 0) is 62.2 Å². The van der Waals surface area contributed by atoms with E-state index in [2.05, 4.69) is 26.2 Å². The third-order valence-corrected chi connectivity index (χ3v) is 12.8. The van der Waals surface area contributed by atoms with Crippen molar-refractivity contribution < 1.29 is 41.0 Å². The van der Waals surface area contributed by atoms with Gasteiger partial charge in [-0.1, -0.05) is 0 Å². The van der Waals surface area contributed by atoms with Crippen molar-refractivity contribution in [2.75, 3.05) is 64.4 Å². The van der Waals surface area contributed by atoms with Crippen molar-refractivity contribution in [3.05, 3.63) is 71.4 Å². The van der Waals surface area contributed by atoms with Gasteiger partial charge >= 0.3 is 6.03 Å². The van der Waals surface area contributed by atoms with Crippen LogP contribution in [0.1, 0.15) is 49.3 Å². The lowest BCUT2D eigenvalue weighted by atomic mass is 9.83. The molecule has 0 radical (unpaired) electrons. The summed E-state index contributed by atoms with van der Waals surface area (Å²) in [6.45, 7) is 4.87. The fourth-order valence-electron chi connectivity index (χ4n) is 8.09. The molecular formula is C38H43F2N7O7S. The van der Waals surface area contributed by atoms with E-state index < -0.39 is 33.4 Å². The summed E-state index contributed by atoms with van der Waals surface area (Å²) in [5.41, 5.74) is -2.02. The van der Waals surface area contributed by atoms with Crippen LogP contribution in [0.4, 0.5) is 19.3 Å². The Labute approximate surface area is 318 Å². The van der Waals surface area contributed by atoms with Crippen LogP contribution in [-0.4, -0.2) is 118 Å². The number of amides is 3. The number of sulfonamides is 1. The molecule has 1 aromatic heterocycles. The molecule has 2 aromatic carbocycles. The first kappa shape index (κ1) is 38.2. The molecule has 5 heterocycles. The Morgan fingerprint density at radius 3 is 2.35 bits per heavy atom. The maximum atomic E-state index is 15.2. The van der Waals surface area contributed by atoms with Crippen LogP contribution in [0.2, 0.25) is 0 Å². The molecule has 292 valence electrons. The summed E-state index contributed by atoms with van der Waals surface area (Å²) in [4.78, 5) is 39.6. The highest BCUT2D eigenvalue weighted by atomic mass is 32.2. The second-order valence-corrected chi connectivity index (χ2v) is 15.9. The number of carbonyl (C=O) groups excluding carboxylic acids is 2. The van der Waals surface area contributed by atoms with Gasteiger partial charge in [0.2, 0.25) is 5.88 Å². The summed E-state index contributed by atoms with van der Waals surface area (Å²) >= 11 is 0. The van der Waals surface area contributed by atoms with E-state index >= 15 is 4.79 Å². The fraction of sp³-hybridized carbons (Fsp3) is 0.474. The summed E-state index contributed by atoms with van der Waals surface area (Å²) in [5.74, 6) is -3.38. The van der Waals surface area contributed by atoms with Crippen LogP contribution >= 0.6 is 0 Å². The highest BCUT2D eigenvalue weighted by Crippen LogP contribution is 2.50. The normalized spacial score (nSPS) is 22.1. The molecule has 1 unspecified atom stereocenters. The molecule has 3 fully saturated rings. The first-order valence-corrected chi connectivity index (χ1v) is 19.7. The average Bonchev–Trinajstić information content (AvgIpc) is 3.41. The fourth-order valence-corrected chi connectivity index (χ4v) is 9.69. The molecule has 55 heavy (non-hydrogen) atoms. The number of likely N-dealkylation sites (tertiary alicyclic amines) is 3. The van der Waals surface area contributed by atoms with E-state index in [-0.39, 0.29) is 70.4 Å². The number of fused-ring (bicyclic) bond motifs is 1. The van der Waals surface area contributed by atoms with Crippen LogP contribution in [0.15, 0.2) is 59.6 Å². The Morgan fingerprint density at radius 2 is 1.69 bits per heavy atom. The molecule has 3 aromatic rings. The molecule has 3 amide bonds. The van der Waals surface area contributed by atoms with Crippen molar-refractivity contribution in [3.8, 4) is 23.4 Å². The summed E-state index contributed by atoms with van der Waals surface area (Å²) < 4.78 is 73.9. The smallest absolute Gasteiger partial charge is 0.318 e. The highest BCUT2D eigenvalue weighted by molar-refractivity contribution is 7.93. The molecule has 0 spiro atoms. The highest BCUT2D eigenvalue weighted by Gasteiger charge is 2.59. The zero-order valence-electron chi connectivity index (χ0n) is 30.8.